The number of carbonyl (C=O) groups is 2. The maximum atomic E-state index is 11.0. The van der Waals surface area contributed by atoms with Crippen molar-refractivity contribution in [1.82, 2.24) is 0 Å². The lowest BCUT2D eigenvalue weighted by Gasteiger charge is -2.03. The van der Waals surface area contributed by atoms with E-state index in [4.69, 9.17) is 4.74 Å². The maximum absolute atomic E-state index is 11.0. The topological polar surface area (TPSA) is 72.8 Å². The molecule has 0 aliphatic heterocycles. The number of hydrogen-bond acceptors (Lipinski definition) is 5. The molecule has 0 spiro atoms. The van der Waals surface area contributed by atoms with Crippen LogP contribution >= 0.6 is 12.4 Å². The Balaban J connectivity index is 0.00000289. The molecule has 18 heavy (non-hydrogen) atoms. The third-order valence-corrected chi connectivity index (χ3v) is 1.86. The van der Waals surface area contributed by atoms with E-state index >= 15 is 0 Å². The summed E-state index contributed by atoms with van der Waals surface area (Å²) in [6, 6.07) is 4.58. The minimum absolute atomic E-state index is 0. The second kappa shape index (κ2) is 7.34. The summed E-state index contributed by atoms with van der Waals surface area (Å²) in [6.45, 7) is 1.15. The van der Waals surface area contributed by atoms with Gasteiger partial charge >= 0.3 is 11.9 Å². The predicted octanol–water partition coefficient (Wildman–Crippen LogP) is 1.93. The Labute approximate surface area is 110 Å². The third kappa shape index (κ3) is 4.88. The van der Waals surface area contributed by atoms with Crippen molar-refractivity contribution in [3.05, 3.63) is 29.8 Å². The van der Waals surface area contributed by atoms with E-state index in [2.05, 4.69) is 4.74 Å². The van der Waals surface area contributed by atoms with Crippen LogP contribution in [0.25, 0.3) is 6.08 Å². The first-order chi connectivity index (χ1) is 8.02. The van der Waals surface area contributed by atoms with E-state index in [0.29, 0.717) is 11.3 Å². The summed E-state index contributed by atoms with van der Waals surface area (Å²) in [6.07, 6.45) is 2.57. The highest BCUT2D eigenvalue weighted by molar-refractivity contribution is 5.94. The lowest BCUT2D eigenvalue weighted by atomic mass is 10.2. The molecule has 0 fully saturated rings. The largest absolute Gasteiger partial charge is 0.504 e. The number of halogens is 1. The van der Waals surface area contributed by atoms with Gasteiger partial charge in [0.15, 0.2) is 11.5 Å². The van der Waals surface area contributed by atoms with Gasteiger partial charge in [0.25, 0.3) is 0 Å². The standard InChI is InChI=1S/C12H12O5.ClH/c1-8(13)17-12(15)6-4-9-3-5-10(14)11(7-9)16-2;/h3-7,14H,1-2H3;1H. The van der Waals surface area contributed by atoms with Crippen molar-refractivity contribution in [3.63, 3.8) is 0 Å². The molecule has 0 saturated carbocycles. The van der Waals surface area contributed by atoms with Gasteiger partial charge in [-0.15, -0.1) is 12.4 Å². The van der Waals surface area contributed by atoms with Crippen LogP contribution in [0, 0.1) is 0 Å². The van der Waals surface area contributed by atoms with Crippen LogP contribution in [-0.2, 0) is 14.3 Å². The van der Waals surface area contributed by atoms with Crippen LogP contribution in [-0.4, -0.2) is 24.2 Å². The molecular weight excluding hydrogens is 260 g/mol. The molecule has 0 amide bonds. The maximum Gasteiger partial charge on any atom is 0.338 e. The molecule has 5 nitrogen and oxygen atoms in total. The quantitative estimate of drug-likeness (QED) is 0.517. The molecule has 0 aliphatic carbocycles. The minimum atomic E-state index is -0.746. The van der Waals surface area contributed by atoms with Crippen molar-refractivity contribution in [3.8, 4) is 11.5 Å². The van der Waals surface area contributed by atoms with Crippen LogP contribution in [0.15, 0.2) is 24.3 Å². The average molecular weight is 273 g/mol. The van der Waals surface area contributed by atoms with Crippen molar-refractivity contribution < 1.29 is 24.2 Å². The number of phenolic OH excluding ortho intramolecular Hbond substituents is 1. The number of phenols is 1. The number of hydrogen-bond donors (Lipinski definition) is 1. The minimum Gasteiger partial charge on any atom is -0.504 e. The monoisotopic (exact) mass is 272 g/mol. The van der Waals surface area contributed by atoms with E-state index in [9.17, 15) is 14.7 Å². The summed E-state index contributed by atoms with van der Waals surface area (Å²) < 4.78 is 9.21. The Bertz CT molecular complexity index is 468. The third-order valence-electron chi connectivity index (χ3n) is 1.86. The van der Waals surface area contributed by atoms with Gasteiger partial charge < -0.3 is 14.6 Å². The number of esters is 2. The summed E-state index contributed by atoms with van der Waals surface area (Å²) in [4.78, 5) is 21.5. The van der Waals surface area contributed by atoms with Crippen LogP contribution < -0.4 is 4.74 Å². The van der Waals surface area contributed by atoms with Crippen LogP contribution in [0.2, 0.25) is 0 Å². The van der Waals surface area contributed by atoms with E-state index in [-0.39, 0.29) is 18.2 Å². The summed E-state index contributed by atoms with van der Waals surface area (Å²) in [7, 11) is 1.42. The number of benzene rings is 1. The normalized spacial score (nSPS) is 9.67. The fraction of sp³-hybridized carbons (Fsp3) is 0.167. The summed E-state index contributed by atoms with van der Waals surface area (Å²) in [5, 5.41) is 9.35. The molecule has 1 rings (SSSR count). The van der Waals surface area contributed by atoms with Crippen molar-refractivity contribution in [2.24, 2.45) is 0 Å². The SMILES string of the molecule is COc1cc(C=CC(=O)OC(C)=O)ccc1O.Cl. The number of ether oxygens (including phenoxy) is 2. The Morgan fingerprint density at radius 2 is 2.00 bits per heavy atom. The van der Waals surface area contributed by atoms with Crippen LogP contribution in [0.3, 0.4) is 0 Å². The fourth-order valence-corrected chi connectivity index (χ4v) is 1.14. The molecule has 1 aromatic carbocycles. The van der Waals surface area contributed by atoms with E-state index in [1.54, 1.807) is 12.1 Å². The molecule has 1 N–H and O–H groups in total. The van der Waals surface area contributed by atoms with Gasteiger partial charge in [0.05, 0.1) is 7.11 Å². The van der Waals surface area contributed by atoms with Crippen LogP contribution in [0.4, 0.5) is 0 Å². The van der Waals surface area contributed by atoms with E-state index < -0.39 is 11.9 Å². The molecule has 0 radical (unpaired) electrons. The van der Waals surface area contributed by atoms with E-state index in [1.807, 2.05) is 0 Å². The first-order valence-electron chi connectivity index (χ1n) is 4.80. The zero-order valence-corrected chi connectivity index (χ0v) is 10.7. The van der Waals surface area contributed by atoms with Gasteiger partial charge in [0, 0.05) is 13.0 Å². The number of rotatable bonds is 3. The molecule has 6 heteroatoms. The highest BCUT2D eigenvalue weighted by atomic mass is 35.5. The van der Waals surface area contributed by atoms with Gasteiger partial charge in [-0.05, 0) is 23.8 Å². The Kier molecular flexibility index (Phi) is 6.52. The zero-order valence-electron chi connectivity index (χ0n) is 9.88. The first kappa shape index (κ1) is 16.0. The fourth-order valence-electron chi connectivity index (χ4n) is 1.14. The van der Waals surface area contributed by atoms with Gasteiger partial charge in [0.1, 0.15) is 0 Å². The molecule has 0 saturated heterocycles. The van der Waals surface area contributed by atoms with Crippen molar-refractivity contribution in [2.75, 3.05) is 7.11 Å². The van der Waals surface area contributed by atoms with Gasteiger partial charge in [-0.2, -0.15) is 0 Å². The molecule has 0 unspecified atom stereocenters. The van der Waals surface area contributed by atoms with Gasteiger partial charge in [-0.1, -0.05) is 6.07 Å². The number of methoxy groups -OCH3 is 1. The van der Waals surface area contributed by atoms with Crippen LogP contribution in [0.1, 0.15) is 12.5 Å². The number of aromatic hydroxyl groups is 1. The molecule has 0 aromatic heterocycles. The summed E-state index contributed by atoms with van der Waals surface area (Å²) >= 11 is 0. The molecule has 0 heterocycles. The summed E-state index contributed by atoms with van der Waals surface area (Å²) in [5.41, 5.74) is 0.639. The molecule has 1 aromatic rings. The van der Waals surface area contributed by atoms with Crippen molar-refractivity contribution >= 4 is 30.4 Å². The van der Waals surface area contributed by atoms with Crippen LogP contribution in [0.5, 0.6) is 11.5 Å². The Morgan fingerprint density at radius 1 is 1.33 bits per heavy atom. The predicted molar refractivity (Wildman–Crippen MR) is 67.7 cm³/mol. The van der Waals surface area contributed by atoms with Crippen molar-refractivity contribution in [2.45, 2.75) is 6.92 Å². The smallest absolute Gasteiger partial charge is 0.338 e. The Hall–Kier alpha value is -2.01. The Morgan fingerprint density at radius 3 is 2.56 bits per heavy atom. The highest BCUT2D eigenvalue weighted by Crippen LogP contribution is 2.26. The van der Waals surface area contributed by atoms with Gasteiger partial charge in [-0.3, -0.25) is 4.79 Å². The molecule has 98 valence electrons. The lowest BCUT2D eigenvalue weighted by molar-refractivity contribution is -0.154. The molecule has 0 bridgehead atoms. The van der Waals surface area contributed by atoms with E-state index in [1.165, 1.54) is 19.3 Å². The van der Waals surface area contributed by atoms with Gasteiger partial charge in [0.2, 0.25) is 0 Å². The molecule has 0 atom stereocenters. The molecule has 0 aliphatic rings. The summed E-state index contributed by atoms with van der Waals surface area (Å²) in [5.74, 6) is -1.10. The van der Waals surface area contributed by atoms with Gasteiger partial charge in [-0.25, -0.2) is 4.79 Å². The van der Waals surface area contributed by atoms with Crippen molar-refractivity contribution in [1.29, 1.82) is 0 Å². The first-order valence-corrected chi connectivity index (χ1v) is 4.80. The second-order valence-electron chi connectivity index (χ2n) is 3.18. The number of carbonyl (C=O) groups excluding carboxylic acids is 2. The lowest BCUT2D eigenvalue weighted by Crippen LogP contribution is -2.05. The van der Waals surface area contributed by atoms with E-state index in [0.717, 1.165) is 13.0 Å². The zero-order chi connectivity index (χ0) is 12.8. The molecular formula is C12H13ClO5. The average Bonchev–Trinajstić information content (AvgIpc) is 2.27. The highest BCUT2D eigenvalue weighted by Gasteiger charge is 2.03. The second-order valence-corrected chi connectivity index (χ2v) is 3.18.